The Labute approximate surface area is 203 Å². The number of likely N-dealkylation sites (tertiary alicyclic amines) is 1. The van der Waals surface area contributed by atoms with Gasteiger partial charge < -0.3 is 24.2 Å². The van der Waals surface area contributed by atoms with E-state index in [2.05, 4.69) is 33.0 Å². The molecule has 2 aliphatic heterocycles. The van der Waals surface area contributed by atoms with Crippen molar-refractivity contribution in [2.45, 2.75) is 95.0 Å². The van der Waals surface area contributed by atoms with Gasteiger partial charge in [0.1, 0.15) is 11.7 Å². The zero-order valence-corrected chi connectivity index (χ0v) is 21.4. The Kier molecular flexibility index (Phi) is 4.38. The summed E-state index contributed by atoms with van der Waals surface area (Å²) >= 11 is 0. The lowest BCUT2D eigenvalue weighted by Gasteiger charge is -2.69. The van der Waals surface area contributed by atoms with Crippen LogP contribution in [-0.2, 0) is 16.6 Å². The Balaban J connectivity index is 1.69. The van der Waals surface area contributed by atoms with Gasteiger partial charge in [0.15, 0.2) is 17.7 Å². The number of ether oxygens (including phenoxy) is 3. The first-order valence-electron chi connectivity index (χ1n) is 12.8. The number of hydrogen-bond donors (Lipinski definition) is 1. The molecule has 7 atom stereocenters. The fraction of sp³-hybridized carbons (Fsp3) is 0.750. The lowest BCUT2D eigenvalue weighted by atomic mass is 9.38. The molecule has 1 aromatic rings. The van der Waals surface area contributed by atoms with Crippen molar-refractivity contribution >= 4 is 0 Å². The topological polar surface area (TPSA) is 75.0 Å². The van der Waals surface area contributed by atoms with Crippen molar-refractivity contribution in [2.75, 3.05) is 20.8 Å². The second kappa shape index (κ2) is 6.62. The predicted octanol–water partition coefficient (Wildman–Crippen LogP) is 4.18. The second-order valence-corrected chi connectivity index (χ2v) is 12.7. The Hall–Kier alpha value is -1.97. The van der Waals surface area contributed by atoms with Gasteiger partial charge in [0, 0.05) is 42.0 Å². The van der Waals surface area contributed by atoms with Crippen LogP contribution in [0.25, 0.3) is 0 Å². The molecule has 1 N–H and O–H groups in total. The summed E-state index contributed by atoms with van der Waals surface area (Å²) < 4.78 is 19.5. The van der Waals surface area contributed by atoms with Crippen molar-refractivity contribution < 1.29 is 19.3 Å². The molecule has 4 fully saturated rings. The molecule has 184 valence electrons. The van der Waals surface area contributed by atoms with Gasteiger partial charge in [0.25, 0.3) is 0 Å². The summed E-state index contributed by atoms with van der Waals surface area (Å²) in [5.41, 5.74) is 0.263. The van der Waals surface area contributed by atoms with Crippen molar-refractivity contribution in [1.82, 2.24) is 4.90 Å². The van der Waals surface area contributed by atoms with E-state index < -0.39 is 11.2 Å². The molecule has 1 saturated heterocycles. The molecule has 2 heterocycles. The lowest BCUT2D eigenvalue weighted by molar-refractivity contribution is -0.268. The third-order valence-corrected chi connectivity index (χ3v) is 11.1. The molecule has 3 saturated carbocycles. The highest BCUT2D eigenvalue weighted by atomic mass is 16.6. The smallest absolute Gasteiger partial charge is 0.179 e. The minimum absolute atomic E-state index is 0.107. The van der Waals surface area contributed by atoms with Gasteiger partial charge in [0.2, 0.25) is 0 Å². The molecule has 0 aromatic heterocycles. The molecular weight excluding hydrogens is 428 g/mol. The fourth-order valence-electron chi connectivity index (χ4n) is 9.17. The van der Waals surface area contributed by atoms with Crippen molar-refractivity contribution in [3.05, 3.63) is 23.3 Å². The molecule has 0 radical (unpaired) electrons. The lowest BCUT2D eigenvalue weighted by Crippen LogP contribution is -2.78. The van der Waals surface area contributed by atoms with E-state index >= 15 is 0 Å². The van der Waals surface area contributed by atoms with Crippen LogP contribution in [-0.4, -0.2) is 54.1 Å². The number of nitriles is 1. The summed E-state index contributed by atoms with van der Waals surface area (Å²) in [6, 6.07) is 4.31. The summed E-state index contributed by atoms with van der Waals surface area (Å²) in [4.78, 5) is 2.04. The van der Waals surface area contributed by atoms with Gasteiger partial charge >= 0.3 is 0 Å². The van der Waals surface area contributed by atoms with Gasteiger partial charge in [-0.3, -0.25) is 0 Å². The number of nitrogens with zero attached hydrogens (tertiary/aromatic N) is 2. The van der Waals surface area contributed by atoms with Gasteiger partial charge in [-0.05, 0) is 62.5 Å². The van der Waals surface area contributed by atoms with Gasteiger partial charge in [-0.1, -0.05) is 26.8 Å². The first kappa shape index (κ1) is 22.5. The van der Waals surface area contributed by atoms with Crippen LogP contribution < -0.4 is 9.47 Å². The van der Waals surface area contributed by atoms with Crippen LogP contribution in [0.5, 0.6) is 11.5 Å². The van der Waals surface area contributed by atoms with E-state index in [0.29, 0.717) is 0 Å². The van der Waals surface area contributed by atoms with E-state index in [1.54, 1.807) is 7.11 Å². The SMILES string of the molecule is COc1ccc2c3c1O[C@H]1[C@@]4(OC)CCC[C@@]5(C[C@@H]4[C@](C)(O)C(C)(C)C)C(C2)N(C#N)CC[C@]315. The number of benzene rings is 1. The molecule has 6 heteroatoms. The standard InChI is InChI=1S/C28H38N2O4/c1-24(2,3)25(4,31)19-15-26-10-7-11-28(19,33-6)23-27(26)12-13-30(16-29)20(26)14-17-8-9-18(32-5)22(34-23)21(17)27/h8-9,19-20,23,31H,7,10-15H2,1-6H3/t19-,20?,23-,25+,26-,27+,28-/m1/s1. The molecule has 2 spiro atoms. The molecule has 6 nitrogen and oxygen atoms in total. The van der Waals surface area contributed by atoms with Crippen LogP contribution in [0.1, 0.15) is 70.9 Å². The number of piperidine rings is 1. The summed E-state index contributed by atoms with van der Waals surface area (Å²) in [5, 5.41) is 22.4. The van der Waals surface area contributed by atoms with Crippen LogP contribution in [0.15, 0.2) is 12.1 Å². The van der Waals surface area contributed by atoms with E-state index in [9.17, 15) is 10.4 Å². The monoisotopic (exact) mass is 466 g/mol. The largest absolute Gasteiger partial charge is 0.493 e. The average Bonchev–Trinajstić information content (AvgIpc) is 2.97. The molecule has 4 bridgehead atoms. The second-order valence-electron chi connectivity index (χ2n) is 12.7. The summed E-state index contributed by atoms with van der Waals surface area (Å²) in [6.07, 6.45) is 7.76. The number of fused-ring (bicyclic) bond motifs is 3. The van der Waals surface area contributed by atoms with Crippen LogP contribution in [0, 0.1) is 28.2 Å². The zero-order valence-electron chi connectivity index (χ0n) is 21.4. The third-order valence-electron chi connectivity index (χ3n) is 11.1. The van der Waals surface area contributed by atoms with Crippen LogP contribution in [0.4, 0.5) is 0 Å². The zero-order chi connectivity index (χ0) is 24.3. The quantitative estimate of drug-likeness (QED) is 0.674. The molecule has 1 aromatic carbocycles. The molecular formula is C28H38N2O4. The van der Waals surface area contributed by atoms with E-state index in [0.717, 1.165) is 56.6 Å². The van der Waals surface area contributed by atoms with E-state index in [1.165, 1.54) is 11.1 Å². The number of aliphatic hydroxyl groups is 1. The molecule has 0 amide bonds. The average molecular weight is 467 g/mol. The number of methoxy groups -OCH3 is 2. The molecule has 4 aliphatic carbocycles. The van der Waals surface area contributed by atoms with Crippen LogP contribution >= 0.6 is 0 Å². The van der Waals surface area contributed by atoms with E-state index in [-0.39, 0.29) is 34.3 Å². The maximum absolute atomic E-state index is 12.2. The summed E-state index contributed by atoms with van der Waals surface area (Å²) in [7, 11) is 3.52. The van der Waals surface area contributed by atoms with E-state index in [4.69, 9.17) is 14.2 Å². The van der Waals surface area contributed by atoms with Gasteiger partial charge in [-0.25, -0.2) is 0 Å². The minimum Gasteiger partial charge on any atom is -0.493 e. The number of hydrogen-bond acceptors (Lipinski definition) is 6. The Bertz CT molecular complexity index is 1090. The first-order valence-corrected chi connectivity index (χ1v) is 12.8. The normalized spacial score (nSPS) is 41.1. The maximum Gasteiger partial charge on any atom is 0.179 e. The Morgan fingerprint density at radius 2 is 1.94 bits per heavy atom. The predicted molar refractivity (Wildman–Crippen MR) is 128 cm³/mol. The Morgan fingerprint density at radius 3 is 2.59 bits per heavy atom. The summed E-state index contributed by atoms with van der Waals surface area (Å²) in [6.45, 7) is 9.10. The van der Waals surface area contributed by atoms with Gasteiger partial charge in [-0.2, -0.15) is 5.26 Å². The van der Waals surface area contributed by atoms with Crippen LogP contribution in [0.2, 0.25) is 0 Å². The number of rotatable bonds is 3. The van der Waals surface area contributed by atoms with Gasteiger partial charge in [0.05, 0.1) is 12.7 Å². The summed E-state index contributed by atoms with van der Waals surface area (Å²) in [5.74, 6) is 1.54. The van der Waals surface area contributed by atoms with Crippen molar-refractivity contribution in [3.8, 4) is 17.7 Å². The van der Waals surface area contributed by atoms with Crippen molar-refractivity contribution in [3.63, 3.8) is 0 Å². The third kappa shape index (κ3) is 2.21. The van der Waals surface area contributed by atoms with E-state index in [1.807, 2.05) is 25.0 Å². The molecule has 6 aliphatic rings. The molecule has 34 heavy (non-hydrogen) atoms. The molecule has 7 rings (SSSR count). The Morgan fingerprint density at radius 1 is 1.18 bits per heavy atom. The highest BCUT2D eigenvalue weighted by Gasteiger charge is 2.80. The van der Waals surface area contributed by atoms with Crippen LogP contribution in [0.3, 0.4) is 0 Å². The molecule has 1 unspecified atom stereocenters. The fourth-order valence-corrected chi connectivity index (χ4v) is 9.17. The maximum atomic E-state index is 12.2. The first-order chi connectivity index (χ1) is 16.0. The minimum atomic E-state index is -0.976. The van der Waals surface area contributed by atoms with Crippen molar-refractivity contribution in [2.24, 2.45) is 16.7 Å². The van der Waals surface area contributed by atoms with Crippen molar-refractivity contribution in [1.29, 1.82) is 5.26 Å². The highest BCUT2D eigenvalue weighted by Crippen LogP contribution is 2.76. The highest BCUT2D eigenvalue weighted by molar-refractivity contribution is 5.63. The van der Waals surface area contributed by atoms with Gasteiger partial charge in [-0.15, -0.1) is 0 Å².